The predicted molar refractivity (Wildman–Crippen MR) is 132 cm³/mol. The lowest BCUT2D eigenvalue weighted by Gasteiger charge is -2.35. The number of urea groups is 1. The van der Waals surface area contributed by atoms with Gasteiger partial charge in [-0.25, -0.2) is 14.8 Å². The van der Waals surface area contributed by atoms with Crippen LogP contribution in [0.2, 0.25) is 0 Å². The molecule has 2 aromatic carbocycles. The number of ether oxygens (including phenoxy) is 3. The SMILES string of the molecule is COCCOc1ccc2c(N3CCN(C(=O)Nc4ccc(OC(C)C)cc4)CC3)ncnc2c1. The lowest BCUT2D eigenvalue weighted by atomic mass is 10.2. The Morgan fingerprint density at radius 3 is 2.44 bits per heavy atom. The second-order valence-electron chi connectivity index (χ2n) is 8.31. The molecule has 9 heteroatoms. The molecule has 0 bridgehead atoms. The molecule has 0 spiro atoms. The number of piperazine rings is 1. The number of benzene rings is 2. The largest absolute Gasteiger partial charge is 0.491 e. The minimum atomic E-state index is -0.109. The van der Waals surface area contributed by atoms with Gasteiger partial charge in [-0.1, -0.05) is 0 Å². The molecule has 0 aliphatic carbocycles. The number of nitrogens with one attached hydrogen (secondary N) is 1. The van der Waals surface area contributed by atoms with Crippen molar-refractivity contribution in [1.82, 2.24) is 14.9 Å². The first-order chi connectivity index (χ1) is 16.5. The minimum Gasteiger partial charge on any atom is -0.491 e. The number of anilines is 2. The van der Waals surface area contributed by atoms with Crippen LogP contribution in [0.5, 0.6) is 11.5 Å². The van der Waals surface area contributed by atoms with Crippen molar-refractivity contribution in [3.63, 3.8) is 0 Å². The second-order valence-corrected chi connectivity index (χ2v) is 8.31. The van der Waals surface area contributed by atoms with E-state index in [1.165, 1.54) is 0 Å². The van der Waals surface area contributed by atoms with Crippen molar-refractivity contribution in [1.29, 1.82) is 0 Å². The van der Waals surface area contributed by atoms with Gasteiger partial charge in [0, 0.05) is 50.4 Å². The summed E-state index contributed by atoms with van der Waals surface area (Å²) in [5.74, 6) is 2.40. The van der Waals surface area contributed by atoms with Crippen molar-refractivity contribution in [3.8, 4) is 11.5 Å². The Hall–Kier alpha value is -3.59. The molecule has 180 valence electrons. The van der Waals surface area contributed by atoms with Crippen molar-refractivity contribution in [2.75, 3.05) is 56.7 Å². The summed E-state index contributed by atoms with van der Waals surface area (Å²) in [6, 6.07) is 13.1. The van der Waals surface area contributed by atoms with Crippen LogP contribution in [0.4, 0.5) is 16.3 Å². The monoisotopic (exact) mass is 465 g/mol. The summed E-state index contributed by atoms with van der Waals surface area (Å²) in [5.41, 5.74) is 1.57. The predicted octanol–water partition coefficient (Wildman–Crippen LogP) is 3.80. The molecule has 0 radical (unpaired) electrons. The molecule has 0 atom stereocenters. The van der Waals surface area contributed by atoms with E-state index in [9.17, 15) is 4.79 Å². The zero-order valence-corrected chi connectivity index (χ0v) is 19.9. The number of rotatable bonds is 8. The lowest BCUT2D eigenvalue weighted by Crippen LogP contribution is -2.50. The molecule has 2 heterocycles. The van der Waals surface area contributed by atoms with E-state index in [1.54, 1.807) is 13.4 Å². The van der Waals surface area contributed by atoms with Gasteiger partial charge in [-0.3, -0.25) is 0 Å². The van der Waals surface area contributed by atoms with Gasteiger partial charge < -0.3 is 29.3 Å². The molecule has 3 aromatic rings. The highest BCUT2D eigenvalue weighted by Gasteiger charge is 2.23. The average Bonchev–Trinajstić information content (AvgIpc) is 2.85. The van der Waals surface area contributed by atoms with Gasteiger partial charge in [-0.2, -0.15) is 0 Å². The van der Waals surface area contributed by atoms with Gasteiger partial charge in [-0.05, 0) is 50.2 Å². The molecule has 9 nitrogen and oxygen atoms in total. The maximum Gasteiger partial charge on any atom is 0.321 e. The highest BCUT2D eigenvalue weighted by atomic mass is 16.5. The summed E-state index contributed by atoms with van der Waals surface area (Å²) >= 11 is 0. The summed E-state index contributed by atoms with van der Waals surface area (Å²) in [6.07, 6.45) is 1.68. The van der Waals surface area contributed by atoms with Crippen LogP contribution >= 0.6 is 0 Å². The zero-order chi connectivity index (χ0) is 23.9. The van der Waals surface area contributed by atoms with Crippen LogP contribution in [0.15, 0.2) is 48.8 Å². The van der Waals surface area contributed by atoms with E-state index in [1.807, 2.05) is 61.2 Å². The first-order valence-electron chi connectivity index (χ1n) is 11.5. The summed E-state index contributed by atoms with van der Waals surface area (Å²) < 4.78 is 16.4. The Labute approximate surface area is 199 Å². The molecule has 1 fully saturated rings. The smallest absolute Gasteiger partial charge is 0.321 e. The molecule has 2 amide bonds. The first-order valence-corrected chi connectivity index (χ1v) is 11.5. The van der Waals surface area contributed by atoms with Crippen LogP contribution < -0.4 is 19.7 Å². The van der Waals surface area contributed by atoms with Crippen molar-refractivity contribution < 1.29 is 19.0 Å². The van der Waals surface area contributed by atoms with Crippen LogP contribution in [-0.2, 0) is 4.74 Å². The van der Waals surface area contributed by atoms with Gasteiger partial charge in [0.1, 0.15) is 30.3 Å². The molecule has 0 unspecified atom stereocenters. The lowest BCUT2D eigenvalue weighted by molar-refractivity contribution is 0.146. The van der Waals surface area contributed by atoms with Gasteiger partial charge in [0.05, 0.1) is 18.2 Å². The second kappa shape index (κ2) is 11.0. The van der Waals surface area contributed by atoms with Crippen LogP contribution in [-0.4, -0.2) is 73.5 Å². The van der Waals surface area contributed by atoms with E-state index in [2.05, 4.69) is 20.2 Å². The Balaban J connectivity index is 1.35. The number of methoxy groups -OCH3 is 1. The fourth-order valence-electron chi connectivity index (χ4n) is 3.82. The van der Waals surface area contributed by atoms with Gasteiger partial charge >= 0.3 is 6.03 Å². The number of carbonyl (C=O) groups is 1. The minimum absolute atomic E-state index is 0.109. The zero-order valence-electron chi connectivity index (χ0n) is 19.9. The van der Waals surface area contributed by atoms with Gasteiger partial charge in [0.25, 0.3) is 0 Å². The average molecular weight is 466 g/mol. The number of carbonyl (C=O) groups excluding carboxylic acids is 1. The van der Waals surface area contributed by atoms with E-state index in [4.69, 9.17) is 14.2 Å². The third kappa shape index (κ3) is 5.85. The highest BCUT2D eigenvalue weighted by molar-refractivity contribution is 5.91. The third-order valence-corrected chi connectivity index (χ3v) is 5.49. The van der Waals surface area contributed by atoms with Crippen molar-refractivity contribution in [2.45, 2.75) is 20.0 Å². The molecule has 34 heavy (non-hydrogen) atoms. The summed E-state index contributed by atoms with van der Waals surface area (Å²) in [5, 5.41) is 3.93. The molecule has 1 aliphatic rings. The standard InChI is InChI=1S/C25H31N5O4/c1-18(2)34-20-6-4-19(5-7-20)28-25(31)30-12-10-29(11-13-30)24-22-9-8-21(33-15-14-32-3)16-23(22)26-17-27-24/h4-9,16-18H,10-15H2,1-3H3,(H,28,31). The van der Waals surface area contributed by atoms with Crippen LogP contribution in [0.1, 0.15) is 13.8 Å². The van der Waals surface area contributed by atoms with Crippen molar-refractivity contribution in [3.05, 3.63) is 48.8 Å². The molecule has 1 aromatic heterocycles. The molecule has 1 saturated heterocycles. The summed E-state index contributed by atoms with van der Waals surface area (Å²) in [7, 11) is 1.65. The first kappa shape index (κ1) is 23.6. The number of nitrogens with zero attached hydrogens (tertiary/aromatic N) is 4. The van der Waals surface area contributed by atoms with Crippen LogP contribution in [0.25, 0.3) is 10.9 Å². The Morgan fingerprint density at radius 1 is 1.00 bits per heavy atom. The number of amides is 2. The molecule has 0 saturated carbocycles. The van der Waals surface area contributed by atoms with Crippen LogP contribution in [0, 0.1) is 0 Å². The summed E-state index contributed by atoms with van der Waals surface area (Å²) in [4.78, 5) is 25.7. The van der Waals surface area contributed by atoms with Gasteiger partial charge in [0.2, 0.25) is 0 Å². The van der Waals surface area contributed by atoms with E-state index in [0.717, 1.165) is 33.9 Å². The van der Waals surface area contributed by atoms with E-state index in [0.29, 0.717) is 39.4 Å². The van der Waals surface area contributed by atoms with E-state index >= 15 is 0 Å². The number of hydrogen-bond donors (Lipinski definition) is 1. The topological polar surface area (TPSA) is 89.1 Å². The highest BCUT2D eigenvalue weighted by Crippen LogP contribution is 2.27. The van der Waals surface area contributed by atoms with Gasteiger partial charge in [0.15, 0.2) is 0 Å². The third-order valence-electron chi connectivity index (χ3n) is 5.49. The fraction of sp³-hybridized carbons (Fsp3) is 0.400. The van der Waals surface area contributed by atoms with E-state index < -0.39 is 0 Å². The molecular weight excluding hydrogens is 434 g/mol. The molecule has 1 aliphatic heterocycles. The Kier molecular flexibility index (Phi) is 7.64. The molecule has 1 N–H and O–H groups in total. The summed E-state index contributed by atoms with van der Waals surface area (Å²) in [6.45, 7) is 7.56. The normalized spacial score (nSPS) is 13.9. The fourth-order valence-corrected chi connectivity index (χ4v) is 3.82. The Morgan fingerprint density at radius 2 is 1.74 bits per heavy atom. The number of fused-ring (bicyclic) bond motifs is 1. The maximum absolute atomic E-state index is 12.7. The maximum atomic E-state index is 12.7. The number of hydrogen-bond acceptors (Lipinski definition) is 7. The number of aromatic nitrogens is 2. The van der Waals surface area contributed by atoms with Gasteiger partial charge in [-0.15, -0.1) is 0 Å². The quantitative estimate of drug-likeness (QED) is 0.506. The molecule has 4 rings (SSSR count). The molecular formula is C25H31N5O4. The van der Waals surface area contributed by atoms with E-state index in [-0.39, 0.29) is 12.1 Å². The Bertz CT molecular complexity index is 1100. The van der Waals surface area contributed by atoms with Crippen LogP contribution in [0.3, 0.4) is 0 Å². The van der Waals surface area contributed by atoms with Crippen molar-refractivity contribution >= 4 is 28.4 Å². The van der Waals surface area contributed by atoms with Crippen molar-refractivity contribution in [2.24, 2.45) is 0 Å².